The molecule has 2 aromatic carbocycles. The van der Waals surface area contributed by atoms with Gasteiger partial charge >= 0.3 is 0 Å². The molecule has 1 amide bonds. The molecule has 0 bridgehead atoms. The van der Waals surface area contributed by atoms with Gasteiger partial charge in [-0.1, -0.05) is 30.3 Å². The summed E-state index contributed by atoms with van der Waals surface area (Å²) in [6.45, 7) is 6.14. The number of anilines is 1. The van der Waals surface area contributed by atoms with E-state index >= 15 is 0 Å². The van der Waals surface area contributed by atoms with Crippen molar-refractivity contribution in [3.8, 4) is 0 Å². The van der Waals surface area contributed by atoms with Gasteiger partial charge < -0.3 is 20.2 Å². The van der Waals surface area contributed by atoms with Gasteiger partial charge in [0, 0.05) is 43.5 Å². The van der Waals surface area contributed by atoms with Gasteiger partial charge in [0.05, 0.1) is 12.1 Å². The molecule has 0 saturated carbocycles. The van der Waals surface area contributed by atoms with E-state index in [-0.39, 0.29) is 18.1 Å². The Kier molecular flexibility index (Phi) is 6.70. The summed E-state index contributed by atoms with van der Waals surface area (Å²) in [6, 6.07) is 18.6. The molecule has 5 nitrogen and oxygen atoms in total. The van der Waals surface area contributed by atoms with Crippen LogP contribution in [0.15, 0.2) is 54.6 Å². The van der Waals surface area contributed by atoms with Crippen molar-refractivity contribution in [2.45, 2.75) is 50.8 Å². The number of nitrogens with one attached hydrogen (secondary N) is 1. The number of carbonyl (C=O) groups is 1. The zero-order valence-corrected chi connectivity index (χ0v) is 17.8. The first-order valence-electron chi connectivity index (χ1n) is 11.2. The first-order valence-corrected chi connectivity index (χ1v) is 11.2. The maximum atomic E-state index is 12.6. The summed E-state index contributed by atoms with van der Waals surface area (Å²) in [6.07, 6.45) is 4.03. The third-order valence-electron chi connectivity index (χ3n) is 6.62. The zero-order chi connectivity index (χ0) is 20.9. The molecule has 2 aliphatic rings. The van der Waals surface area contributed by atoms with E-state index in [0.29, 0.717) is 11.6 Å². The lowest BCUT2D eigenvalue weighted by Gasteiger charge is -2.41. The lowest BCUT2D eigenvalue weighted by Crippen LogP contribution is -2.48. The zero-order valence-electron chi connectivity index (χ0n) is 17.8. The summed E-state index contributed by atoms with van der Waals surface area (Å²) in [5.41, 5.74) is 2.99. The number of aliphatic hydroxyl groups is 1. The summed E-state index contributed by atoms with van der Waals surface area (Å²) in [4.78, 5) is 17.6. The molecule has 0 aromatic heterocycles. The first-order chi connectivity index (χ1) is 14.6. The van der Waals surface area contributed by atoms with Crippen LogP contribution in [0.2, 0.25) is 0 Å². The monoisotopic (exact) mass is 407 g/mol. The van der Waals surface area contributed by atoms with Crippen LogP contribution >= 0.6 is 0 Å². The molecule has 2 aromatic rings. The van der Waals surface area contributed by atoms with E-state index < -0.39 is 0 Å². The van der Waals surface area contributed by atoms with E-state index in [1.165, 1.54) is 5.69 Å². The predicted molar refractivity (Wildman–Crippen MR) is 121 cm³/mol. The quantitative estimate of drug-likeness (QED) is 0.795. The highest BCUT2D eigenvalue weighted by Gasteiger charge is 2.27. The Labute approximate surface area is 179 Å². The van der Waals surface area contributed by atoms with E-state index in [1.54, 1.807) is 0 Å². The molecular formula is C25H33N3O2. The van der Waals surface area contributed by atoms with Crippen LogP contribution in [0.3, 0.4) is 0 Å². The van der Waals surface area contributed by atoms with Crippen molar-refractivity contribution in [2.75, 3.05) is 31.1 Å². The summed E-state index contributed by atoms with van der Waals surface area (Å²) < 4.78 is 0. The van der Waals surface area contributed by atoms with Crippen molar-refractivity contribution in [1.29, 1.82) is 0 Å². The molecule has 4 rings (SSSR count). The highest BCUT2D eigenvalue weighted by atomic mass is 16.3. The molecule has 1 atom stereocenters. The standard InChI is InChI=1S/C25H33N3O2/c1-19(20-5-3-2-4-6-20)26-25(30)21-7-9-22(10-8-21)27-15-11-23(12-16-27)28-17-13-24(29)14-18-28/h2-10,19,23-24,29H,11-18H2,1H3,(H,26,30)/t19-/m1/s1. The Morgan fingerprint density at radius 3 is 2.20 bits per heavy atom. The van der Waals surface area contributed by atoms with Gasteiger partial charge in [0.15, 0.2) is 0 Å². The fourth-order valence-electron chi connectivity index (χ4n) is 4.67. The molecule has 0 spiro atoms. The number of hydrogen-bond donors (Lipinski definition) is 2. The Morgan fingerprint density at radius 2 is 1.57 bits per heavy atom. The summed E-state index contributed by atoms with van der Waals surface area (Å²) in [7, 11) is 0. The Balaban J connectivity index is 1.29. The number of benzene rings is 2. The van der Waals surface area contributed by atoms with Crippen LogP contribution in [0.1, 0.15) is 54.6 Å². The molecule has 2 fully saturated rings. The minimum atomic E-state index is -0.104. The van der Waals surface area contributed by atoms with E-state index in [9.17, 15) is 9.90 Å². The lowest BCUT2D eigenvalue weighted by molar-refractivity contribution is 0.0542. The average molecular weight is 408 g/mol. The Hall–Kier alpha value is -2.37. The third kappa shape index (κ3) is 5.02. The number of carbonyl (C=O) groups excluding carboxylic acids is 1. The minimum absolute atomic E-state index is 0.0201. The smallest absolute Gasteiger partial charge is 0.251 e. The molecule has 0 aliphatic carbocycles. The lowest BCUT2D eigenvalue weighted by atomic mass is 9.98. The molecule has 0 radical (unpaired) electrons. The van der Waals surface area contributed by atoms with Crippen molar-refractivity contribution >= 4 is 11.6 Å². The summed E-state index contributed by atoms with van der Waals surface area (Å²) in [5.74, 6) is -0.0381. The topological polar surface area (TPSA) is 55.8 Å². The summed E-state index contributed by atoms with van der Waals surface area (Å²) >= 11 is 0. The van der Waals surface area contributed by atoms with Crippen molar-refractivity contribution in [2.24, 2.45) is 0 Å². The van der Waals surface area contributed by atoms with Gasteiger partial charge in [0.2, 0.25) is 0 Å². The first kappa shape index (κ1) is 20.9. The van der Waals surface area contributed by atoms with Gasteiger partial charge in [-0.3, -0.25) is 4.79 Å². The van der Waals surface area contributed by atoms with Crippen molar-refractivity contribution in [1.82, 2.24) is 10.2 Å². The van der Waals surface area contributed by atoms with Gasteiger partial charge in [0.1, 0.15) is 0 Å². The number of amides is 1. The second-order valence-electron chi connectivity index (χ2n) is 8.64. The summed E-state index contributed by atoms with van der Waals surface area (Å²) in [5, 5.41) is 12.8. The van der Waals surface area contributed by atoms with Crippen molar-refractivity contribution in [3.63, 3.8) is 0 Å². The molecule has 0 unspecified atom stereocenters. The Morgan fingerprint density at radius 1 is 0.933 bits per heavy atom. The molecule has 5 heteroatoms. The molecule has 2 heterocycles. The largest absolute Gasteiger partial charge is 0.393 e. The van der Waals surface area contributed by atoms with Crippen LogP contribution < -0.4 is 10.2 Å². The highest BCUT2D eigenvalue weighted by Crippen LogP contribution is 2.25. The maximum Gasteiger partial charge on any atom is 0.251 e. The van der Waals surface area contributed by atoms with Crippen LogP contribution in [0.5, 0.6) is 0 Å². The average Bonchev–Trinajstić information content (AvgIpc) is 2.80. The molecule has 2 N–H and O–H groups in total. The third-order valence-corrected chi connectivity index (χ3v) is 6.62. The fraction of sp³-hybridized carbons (Fsp3) is 0.480. The molecule has 2 saturated heterocycles. The maximum absolute atomic E-state index is 12.6. The number of likely N-dealkylation sites (tertiary alicyclic amines) is 1. The Bertz CT molecular complexity index is 808. The highest BCUT2D eigenvalue weighted by molar-refractivity contribution is 5.94. The van der Waals surface area contributed by atoms with Gasteiger partial charge in [-0.2, -0.15) is 0 Å². The normalized spacial score (nSPS) is 20.1. The number of hydrogen-bond acceptors (Lipinski definition) is 4. The number of aliphatic hydroxyl groups excluding tert-OH is 1. The van der Waals surface area contributed by atoms with E-state index in [0.717, 1.165) is 57.4 Å². The van der Waals surface area contributed by atoms with Crippen molar-refractivity contribution < 1.29 is 9.90 Å². The molecule has 30 heavy (non-hydrogen) atoms. The number of piperidine rings is 2. The number of nitrogens with zero attached hydrogens (tertiary/aromatic N) is 2. The van der Waals surface area contributed by atoms with Crippen LogP contribution in [-0.4, -0.2) is 54.2 Å². The van der Waals surface area contributed by atoms with Gasteiger partial charge in [-0.05, 0) is 62.4 Å². The van der Waals surface area contributed by atoms with E-state index in [2.05, 4.69) is 27.2 Å². The van der Waals surface area contributed by atoms with Crippen LogP contribution in [0, 0.1) is 0 Å². The van der Waals surface area contributed by atoms with E-state index in [4.69, 9.17) is 0 Å². The van der Waals surface area contributed by atoms with Gasteiger partial charge in [-0.25, -0.2) is 0 Å². The number of rotatable bonds is 5. The molecular weight excluding hydrogens is 374 g/mol. The second-order valence-corrected chi connectivity index (χ2v) is 8.64. The van der Waals surface area contributed by atoms with Crippen LogP contribution in [-0.2, 0) is 0 Å². The van der Waals surface area contributed by atoms with Crippen LogP contribution in [0.4, 0.5) is 5.69 Å². The van der Waals surface area contributed by atoms with Gasteiger partial charge in [-0.15, -0.1) is 0 Å². The van der Waals surface area contributed by atoms with Crippen LogP contribution in [0.25, 0.3) is 0 Å². The van der Waals surface area contributed by atoms with E-state index in [1.807, 2.05) is 49.4 Å². The fourth-order valence-corrected chi connectivity index (χ4v) is 4.67. The van der Waals surface area contributed by atoms with Gasteiger partial charge in [0.25, 0.3) is 5.91 Å². The second kappa shape index (κ2) is 9.63. The predicted octanol–water partition coefficient (Wildman–Crippen LogP) is 3.60. The minimum Gasteiger partial charge on any atom is -0.393 e. The molecule has 160 valence electrons. The SMILES string of the molecule is C[C@@H](NC(=O)c1ccc(N2CCC(N3CCC(O)CC3)CC2)cc1)c1ccccc1. The van der Waals surface area contributed by atoms with Crippen molar-refractivity contribution in [3.05, 3.63) is 65.7 Å². The molecule has 2 aliphatic heterocycles.